The first-order valence-corrected chi connectivity index (χ1v) is 7.58. The maximum Gasteiger partial charge on any atom is 0.121 e. The van der Waals surface area contributed by atoms with Gasteiger partial charge in [-0.1, -0.05) is 19.1 Å². The summed E-state index contributed by atoms with van der Waals surface area (Å²) in [6, 6.07) is 4.15. The van der Waals surface area contributed by atoms with Crippen LogP contribution in [0, 0.1) is 19.3 Å². The minimum atomic E-state index is 0.424. The van der Waals surface area contributed by atoms with E-state index in [0.717, 1.165) is 24.2 Å². The van der Waals surface area contributed by atoms with Gasteiger partial charge in [0.1, 0.15) is 5.75 Å². The van der Waals surface area contributed by atoms with Crippen LogP contribution < -0.4 is 5.32 Å². The Balaban J connectivity index is 1.87. The van der Waals surface area contributed by atoms with Crippen LogP contribution in [0.25, 0.3) is 0 Å². The first kappa shape index (κ1) is 15.3. The summed E-state index contributed by atoms with van der Waals surface area (Å²) in [5.41, 5.74) is 3.61. The van der Waals surface area contributed by atoms with Crippen LogP contribution in [-0.4, -0.2) is 36.7 Å². The molecule has 1 aromatic carbocycles. The zero-order valence-electron chi connectivity index (χ0n) is 13.3. The van der Waals surface area contributed by atoms with Gasteiger partial charge in [-0.2, -0.15) is 0 Å². The first-order chi connectivity index (χ1) is 9.39. The summed E-state index contributed by atoms with van der Waals surface area (Å²) in [6.07, 6.45) is 2.54. The van der Waals surface area contributed by atoms with Gasteiger partial charge in [0, 0.05) is 13.1 Å². The number of nitrogens with one attached hydrogen (secondary N) is 1. The maximum atomic E-state index is 9.80. The molecule has 1 saturated heterocycles. The highest BCUT2D eigenvalue weighted by Gasteiger charge is 2.28. The molecule has 3 nitrogen and oxygen atoms in total. The van der Waals surface area contributed by atoms with Gasteiger partial charge in [0.2, 0.25) is 0 Å². The average Bonchev–Trinajstić information content (AvgIpc) is 2.40. The standard InChI is InChI=1S/C17H28N2O/c1-13-9-15(10-14(2)16(13)20)11-18-12-17(3)5-7-19(4)8-6-17/h9-10,18,20H,5-8,11-12H2,1-4H3. The number of benzene rings is 1. The van der Waals surface area contributed by atoms with Crippen molar-refractivity contribution in [3.05, 3.63) is 28.8 Å². The topological polar surface area (TPSA) is 35.5 Å². The molecular weight excluding hydrogens is 248 g/mol. The molecule has 2 N–H and O–H groups in total. The van der Waals surface area contributed by atoms with Crippen LogP contribution in [0.2, 0.25) is 0 Å². The summed E-state index contributed by atoms with van der Waals surface area (Å²) in [6.45, 7) is 10.7. The van der Waals surface area contributed by atoms with Crippen molar-refractivity contribution < 1.29 is 5.11 Å². The van der Waals surface area contributed by atoms with E-state index in [1.807, 2.05) is 13.8 Å². The van der Waals surface area contributed by atoms with Crippen LogP contribution >= 0.6 is 0 Å². The number of phenolic OH excluding ortho intramolecular Hbond substituents is 1. The fourth-order valence-corrected chi connectivity index (χ4v) is 2.99. The molecule has 0 aromatic heterocycles. The SMILES string of the molecule is Cc1cc(CNCC2(C)CCN(C)CC2)cc(C)c1O. The Bertz CT molecular complexity index is 439. The van der Waals surface area contributed by atoms with Gasteiger partial charge in [0.15, 0.2) is 0 Å². The molecule has 1 aliphatic heterocycles. The third kappa shape index (κ3) is 3.74. The molecule has 0 aliphatic carbocycles. The molecule has 2 rings (SSSR count). The Morgan fingerprint density at radius 1 is 1.20 bits per heavy atom. The molecule has 1 aromatic rings. The largest absolute Gasteiger partial charge is 0.507 e. The zero-order chi connectivity index (χ0) is 14.8. The molecule has 0 bridgehead atoms. The summed E-state index contributed by atoms with van der Waals surface area (Å²) in [7, 11) is 2.20. The Morgan fingerprint density at radius 2 is 1.75 bits per heavy atom. The lowest BCUT2D eigenvalue weighted by atomic mass is 9.80. The van der Waals surface area contributed by atoms with Gasteiger partial charge < -0.3 is 15.3 Å². The molecule has 0 unspecified atom stereocenters. The monoisotopic (exact) mass is 276 g/mol. The fourth-order valence-electron chi connectivity index (χ4n) is 2.99. The Labute approximate surface area is 123 Å². The van der Waals surface area contributed by atoms with Gasteiger partial charge in [-0.05, 0) is 68.9 Å². The summed E-state index contributed by atoms with van der Waals surface area (Å²) in [4.78, 5) is 2.41. The smallest absolute Gasteiger partial charge is 0.121 e. The molecule has 0 saturated carbocycles. The predicted octanol–water partition coefficient (Wildman–Crippen LogP) is 2.83. The highest BCUT2D eigenvalue weighted by Crippen LogP contribution is 2.29. The summed E-state index contributed by atoms with van der Waals surface area (Å²) < 4.78 is 0. The molecule has 1 heterocycles. The lowest BCUT2D eigenvalue weighted by Crippen LogP contribution is -2.41. The van der Waals surface area contributed by atoms with E-state index in [2.05, 4.69) is 36.3 Å². The van der Waals surface area contributed by atoms with Crippen LogP contribution in [-0.2, 0) is 6.54 Å². The first-order valence-electron chi connectivity index (χ1n) is 7.58. The number of hydrogen-bond donors (Lipinski definition) is 2. The molecular formula is C17H28N2O. The summed E-state index contributed by atoms with van der Waals surface area (Å²) in [5, 5.41) is 13.4. The van der Waals surface area contributed by atoms with E-state index in [1.165, 1.54) is 31.5 Å². The third-order valence-electron chi connectivity index (χ3n) is 4.63. The predicted molar refractivity (Wildman–Crippen MR) is 84.1 cm³/mol. The fraction of sp³-hybridized carbons (Fsp3) is 0.647. The number of hydrogen-bond acceptors (Lipinski definition) is 3. The second-order valence-electron chi connectivity index (χ2n) is 6.80. The molecule has 1 aliphatic rings. The highest BCUT2D eigenvalue weighted by atomic mass is 16.3. The van der Waals surface area contributed by atoms with E-state index < -0.39 is 0 Å². The molecule has 0 amide bonds. The van der Waals surface area contributed by atoms with Crippen molar-refractivity contribution >= 4 is 0 Å². The van der Waals surface area contributed by atoms with E-state index in [1.54, 1.807) is 0 Å². The Morgan fingerprint density at radius 3 is 2.30 bits per heavy atom. The normalized spacial score (nSPS) is 19.2. The van der Waals surface area contributed by atoms with Crippen LogP contribution in [0.1, 0.15) is 36.5 Å². The van der Waals surface area contributed by atoms with Gasteiger partial charge >= 0.3 is 0 Å². The molecule has 0 spiro atoms. The Hall–Kier alpha value is -1.06. The summed E-state index contributed by atoms with van der Waals surface area (Å²) in [5.74, 6) is 0.427. The van der Waals surface area contributed by atoms with E-state index >= 15 is 0 Å². The molecule has 0 atom stereocenters. The maximum absolute atomic E-state index is 9.80. The number of phenols is 1. The van der Waals surface area contributed by atoms with Gasteiger partial charge in [-0.15, -0.1) is 0 Å². The number of likely N-dealkylation sites (tertiary alicyclic amines) is 1. The minimum absolute atomic E-state index is 0.424. The molecule has 3 heteroatoms. The van der Waals surface area contributed by atoms with Crippen LogP contribution in [0.15, 0.2) is 12.1 Å². The van der Waals surface area contributed by atoms with Gasteiger partial charge in [0.05, 0.1) is 0 Å². The van der Waals surface area contributed by atoms with Crippen molar-refractivity contribution in [2.24, 2.45) is 5.41 Å². The number of aryl methyl sites for hydroxylation is 2. The second kappa shape index (κ2) is 6.15. The number of piperidine rings is 1. The summed E-state index contributed by atoms with van der Waals surface area (Å²) >= 11 is 0. The number of rotatable bonds is 4. The molecule has 20 heavy (non-hydrogen) atoms. The van der Waals surface area contributed by atoms with Crippen molar-refractivity contribution in [2.45, 2.75) is 40.2 Å². The van der Waals surface area contributed by atoms with Gasteiger partial charge in [-0.3, -0.25) is 0 Å². The van der Waals surface area contributed by atoms with Crippen LogP contribution in [0.4, 0.5) is 0 Å². The third-order valence-corrected chi connectivity index (χ3v) is 4.63. The van der Waals surface area contributed by atoms with E-state index in [9.17, 15) is 5.11 Å². The minimum Gasteiger partial charge on any atom is -0.507 e. The molecule has 0 radical (unpaired) electrons. The molecule has 112 valence electrons. The van der Waals surface area contributed by atoms with Crippen molar-refractivity contribution in [1.82, 2.24) is 10.2 Å². The van der Waals surface area contributed by atoms with Crippen molar-refractivity contribution in [1.29, 1.82) is 0 Å². The highest BCUT2D eigenvalue weighted by molar-refractivity contribution is 5.42. The molecule has 1 fully saturated rings. The number of aromatic hydroxyl groups is 1. The van der Waals surface area contributed by atoms with Crippen molar-refractivity contribution in [2.75, 3.05) is 26.7 Å². The Kier molecular flexibility index (Phi) is 4.71. The van der Waals surface area contributed by atoms with Crippen molar-refractivity contribution in [3.63, 3.8) is 0 Å². The quantitative estimate of drug-likeness (QED) is 0.887. The lowest BCUT2D eigenvalue weighted by Gasteiger charge is -2.38. The van der Waals surface area contributed by atoms with E-state index in [4.69, 9.17) is 0 Å². The van der Waals surface area contributed by atoms with Crippen LogP contribution in [0.3, 0.4) is 0 Å². The second-order valence-corrected chi connectivity index (χ2v) is 6.80. The van der Waals surface area contributed by atoms with Gasteiger partial charge in [-0.25, -0.2) is 0 Å². The lowest BCUT2D eigenvalue weighted by molar-refractivity contribution is 0.137. The van der Waals surface area contributed by atoms with E-state index in [0.29, 0.717) is 11.2 Å². The average molecular weight is 276 g/mol. The van der Waals surface area contributed by atoms with Crippen molar-refractivity contribution in [3.8, 4) is 5.75 Å². The van der Waals surface area contributed by atoms with Gasteiger partial charge in [0.25, 0.3) is 0 Å². The number of nitrogens with zero attached hydrogens (tertiary/aromatic N) is 1. The zero-order valence-corrected chi connectivity index (χ0v) is 13.3. The van der Waals surface area contributed by atoms with E-state index in [-0.39, 0.29) is 0 Å². The van der Waals surface area contributed by atoms with Crippen LogP contribution in [0.5, 0.6) is 5.75 Å².